The first-order valence-corrected chi connectivity index (χ1v) is 12.1. The molecule has 3 aliphatic heterocycles. The molecule has 2 saturated heterocycles. The van der Waals surface area contributed by atoms with Gasteiger partial charge in [-0.1, -0.05) is 17.7 Å². The van der Waals surface area contributed by atoms with E-state index in [0.717, 1.165) is 61.8 Å². The number of aromatic nitrogens is 3. The molecule has 1 unspecified atom stereocenters. The van der Waals surface area contributed by atoms with Gasteiger partial charge in [-0.25, -0.2) is 4.98 Å². The fraction of sp³-hybridized carbons (Fsp3) is 0.458. The Labute approximate surface area is 197 Å². The summed E-state index contributed by atoms with van der Waals surface area (Å²) in [7, 11) is 0. The molecule has 8 nitrogen and oxygen atoms in total. The van der Waals surface area contributed by atoms with Gasteiger partial charge in [0, 0.05) is 55.7 Å². The second-order valence-corrected chi connectivity index (χ2v) is 9.52. The Bertz CT molecular complexity index is 1190. The molecule has 0 bridgehead atoms. The number of carbonyl (C=O) groups is 1. The normalized spacial score (nSPS) is 21.1. The van der Waals surface area contributed by atoms with Crippen LogP contribution >= 0.6 is 11.6 Å². The largest absolute Gasteiger partial charge is 0.488 e. The Morgan fingerprint density at radius 2 is 2.03 bits per heavy atom. The number of benzene rings is 1. The van der Waals surface area contributed by atoms with E-state index in [4.69, 9.17) is 21.3 Å². The van der Waals surface area contributed by atoms with E-state index in [0.29, 0.717) is 24.7 Å². The first-order valence-electron chi connectivity index (χ1n) is 11.7. The molecule has 5 heterocycles. The number of halogens is 1. The van der Waals surface area contributed by atoms with Crippen LogP contribution in [0.25, 0.3) is 5.65 Å². The second-order valence-electron chi connectivity index (χ2n) is 9.08. The smallest absolute Gasteiger partial charge is 0.229 e. The van der Waals surface area contributed by atoms with Crippen molar-refractivity contribution in [3.05, 3.63) is 52.8 Å². The molecule has 3 aliphatic rings. The lowest BCUT2D eigenvalue weighted by atomic mass is 9.97. The summed E-state index contributed by atoms with van der Waals surface area (Å²) >= 11 is 6.06. The van der Waals surface area contributed by atoms with Crippen LogP contribution in [-0.4, -0.2) is 70.8 Å². The van der Waals surface area contributed by atoms with Gasteiger partial charge < -0.3 is 19.9 Å². The highest BCUT2D eigenvalue weighted by Gasteiger charge is 2.40. The molecule has 0 spiro atoms. The average molecular weight is 467 g/mol. The van der Waals surface area contributed by atoms with Gasteiger partial charge in [0.25, 0.3) is 0 Å². The van der Waals surface area contributed by atoms with Crippen LogP contribution < -0.4 is 15.0 Å². The number of amides is 1. The van der Waals surface area contributed by atoms with Crippen LogP contribution in [0.1, 0.15) is 17.7 Å². The molecular weight excluding hydrogens is 440 g/mol. The van der Waals surface area contributed by atoms with E-state index in [1.54, 1.807) is 6.20 Å². The zero-order valence-electron chi connectivity index (χ0n) is 18.4. The first-order chi connectivity index (χ1) is 16.2. The molecule has 172 valence electrons. The Morgan fingerprint density at radius 3 is 2.91 bits per heavy atom. The number of nitrogens with zero attached hydrogens (tertiary/aromatic N) is 5. The Morgan fingerprint density at radius 1 is 1.15 bits per heavy atom. The molecule has 1 amide bonds. The van der Waals surface area contributed by atoms with Crippen LogP contribution in [0.5, 0.6) is 5.75 Å². The zero-order valence-corrected chi connectivity index (χ0v) is 19.2. The van der Waals surface area contributed by atoms with Gasteiger partial charge in [-0.15, -0.1) is 0 Å². The van der Waals surface area contributed by atoms with Crippen molar-refractivity contribution in [2.75, 3.05) is 44.2 Å². The highest BCUT2D eigenvalue weighted by atomic mass is 35.5. The minimum atomic E-state index is 0.00764. The van der Waals surface area contributed by atoms with Crippen molar-refractivity contribution in [1.29, 1.82) is 0 Å². The monoisotopic (exact) mass is 466 g/mol. The van der Waals surface area contributed by atoms with Crippen LogP contribution in [0.2, 0.25) is 5.02 Å². The number of anilines is 1. The van der Waals surface area contributed by atoms with Crippen molar-refractivity contribution in [2.24, 2.45) is 5.92 Å². The van der Waals surface area contributed by atoms with Crippen molar-refractivity contribution in [3.8, 4) is 5.75 Å². The zero-order chi connectivity index (χ0) is 22.4. The topological polar surface area (TPSA) is 75.0 Å². The lowest BCUT2D eigenvalue weighted by molar-refractivity contribution is -0.135. The number of hydrogen-bond donors (Lipinski definition) is 1. The van der Waals surface area contributed by atoms with Crippen molar-refractivity contribution >= 4 is 29.0 Å². The molecule has 2 aromatic heterocycles. The molecule has 2 fully saturated rings. The molecule has 1 N–H and O–H groups in total. The maximum atomic E-state index is 13.2. The van der Waals surface area contributed by atoms with E-state index in [9.17, 15) is 4.79 Å². The lowest BCUT2D eigenvalue weighted by Gasteiger charge is -2.42. The third-order valence-corrected chi connectivity index (χ3v) is 7.10. The predicted molar refractivity (Wildman–Crippen MR) is 126 cm³/mol. The lowest BCUT2D eigenvalue weighted by Crippen LogP contribution is -2.55. The summed E-state index contributed by atoms with van der Waals surface area (Å²) in [6, 6.07) is 9.39. The molecule has 0 saturated carbocycles. The SMILES string of the molecule is O=C(C1CN(c2c3c(nc4ccnn24)CCNCC3)C1)N1CCC(Oc2cccc(Cl)c2)C1. The minimum absolute atomic E-state index is 0.00764. The number of ether oxygens (including phenoxy) is 1. The van der Waals surface area contributed by atoms with Gasteiger partial charge in [-0.05, 0) is 31.2 Å². The molecule has 6 rings (SSSR count). The number of carbonyl (C=O) groups excluding carboxylic acids is 1. The van der Waals surface area contributed by atoms with E-state index in [-0.39, 0.29) is 17.9 Å². The standard InChI is InChI=1S/C24H27ClN6O2/c25-17-2-1-3-18(12-17)33-19-7-11-29(15-19)24(32)16-13-30(14-16)23-20-4-8-26-9-5-21(20)28-22-6-10-27-31(22)23/h1-3,6,10,12,16,19,26H,4-5,7-9,11,13-15H2. The summed E-state index contributed by atoms with van der Waals surface area (Å²) in [6.45, 7) is 4.68. The fourth-order valence-electron chi connectivity index (χ4n) is 5.16. The van der Waals surface area contributed by atoms with Crippen molar-refractivity contribution in [2.45, 2.75) is 25.4 Å². The third kappa shape index (κ3) is 3.91. The van der Waals surface area contributed by atoms with E-state index >= 15 is 0 Å². The van der Waals surface area contributed by atoms with Gasteiger partial charge in [0.1, 0.15) is 17.7 Å². The highest BCUT2D eigenvalue weighted by molar-refractivity contribution is 6.30. The molecule has 1 aromatic carbocycles. The van der Waals surface area contributed by atoms with Gasteiger partial charge in [0.05, 0.1) is 24.4 Å². The van der Waals surface area contributed by atoms with Gasteiger partial charge in [0.15, 0.2) is 5.65 Å². The number of hydrogen-bond acceptors (Lipinski definition) is 6. The number of likely N-dealkylation sites (tertiary alicyclic amines) is 1. The summed E-state index contributed by atoms with van der Waals surface area (Å²) in [5.41, 5.74) is 3.29. The van der Waals surface area contributed by atoms with E-state index in [1.165, 1.54) is 5.56 Å². The van der Waals surface area contributed by atoms with Crippen LogP contribution in [0.15, 0.2) is 36.5 Å². The maximum Gasteiger partial charge on any atom is 0.229 e. The first kappa shape index (κ1) is 20.7. The Kier molecular flexibility index (Phi) is 5.34. The molecule has 0 radical (unpaired) electrons. The minimum Gasteiger partial charge on any atom is -0.488 e. The van der Waals surface area contributed by atoms with Crippen molar-refractivity contribution in [1.82, 2.24) is 24.8 Å². The number of rotatable bonds is 4. The van der Waals surface area contributed by atoms with E-state index < -0.39 is 0 Å². The Balaban J connectivity index is 1.13. The van der Waals surface area contributed by atoms with E-state index in [1.807, 2.05) is 39.7 Å². The summed E-state index contributed by atoms with van der Waals surface area (Å²) < 4.78 is 8.00. The van der Waals surface area contributed by atoms with Crippen LogP contribution in [0, 0.1) is 5.92 Å². The van der Waals surface area contributed by atoms with Gasteiger partial charge in [0.2, 0.25) is 5.91 Å². The maximum absolute atomic E-state index is 13.2. The summed E-state index contributed by atoms with van der Waals surface area (Å²) in [6.07, 6.45) is 4.50. The van der Waals surface area contributed by atoms with Gasteiger partial charge >= 0.3 is 0 Å². The molecule has 3 aromatic rings. The quantitative estimate of drug-likeness (QED) is 0.635. The van der Waals surface area contributed by atoms with Crippen molar-refractivity contribution < 1.29 is 9.53 Å². The van der Waals surface area contributed by atoms with Crippen LogP contribution in [0.4, 0.5) is 5.82 Å². The van der Waals surface area contributed by atoms with Gasteiger partial charge in [-0.2, -0.15) is 9.61 Å². The van der Waals surface area contributed by atoms with Gasteiger partial charge in [-0.3, -0.25) is 4.79 Å². The summed E-state index contributed by atoms with van der Waals surface area (Å²) in [5, 5.41) is 8.65. The van der Waals surface area contributed by atoms with Crippen LogP contribution in [0.3, 0.4) is 0 Å². The predicted octanol–water partition coefficient (Wildman–Crippen LogP) is 2.19. The average Bonchev–Trinajstić information content (AvgIpc) is 3.36. The summed E-state index contributed by atoms with van der Waals surface area (Å²) in [5.74, 6) is 2.10. The molecule has 33 heavy (non-hydrogen) atoms. The molecule has 1 atom stereocenters. The Hall–Kier alpha value is -2.84. The number of nitrogens with one attached hydrogen (secondary N) is 1. The molecule has 0 aliphatic carbocycles. The molecule has 9 heteroatoms. The molecular formula is C24H27ClN6O2. The fourth-order valence-corrected chi connectivity index (χ4v) is 5.34. The summed E-state index contributed by atoms with van der Waals surface area (Å²) in [4.78, 5) is 22.3. The van der Waals surface area contributed by atoms with E-state index in [2.05, 4.69) is 15.3 Å². The highest BCUT2D eigenvalue weighted by Crippen LogP contribution is 2.33. The van der Waals surface area contributed by atoms with Crippen LogP contribution in [-0.2, 0) is 17.6 Å². The number of fused-ring (bicyclic) bond motifs is 2. The second kappa shape index (κ2) is 8.50. The third-order valence-electron chi connectivity index (χ3n) is 6.87. The van der Waals surface area contributed by atoms with Crippen molar-refractivity contribution in [3.63, 3.8) is 0 Å².